The lowest BCUT2D eigenvalue weighted by Gasteiger charge is -2.02. The van der Waals surface area contributed by atoms with Gasteiger partial charge in [0.1, 0.15) is 0 Å². The maximum atomic E-state index is 9.38. The van der Waals surface area contributed by atoms with Crippen LogP contribution in [-0.2, 0) is 0 Å². The Labute approximate surface area is 78.1 Å². The molecule has 1 nitrogen and oxygen atoms in total. The zero-order chi connectivity index (χ0) is 9.26. The van der Waals surface area contributed by atoms with Crippen molar-refractivity contribution in [3.63, 3.8) is 0 Å². The third kappa shape index (κ3) is 1.58. The van der Waals surface area contributed by atoms with Gasteiger partial charge in [0.15, 0.2) is 0 Å². The zero-order valence-electron chi connectivity index (χ0n) is 7.57. The Morgan fingerprint density at radius 1 is 1.00 bits per heavy atom. The van der Waals surface area contributed by atoms with Crippen molar-refractivity contribution in [2.45, 2.75) is 6.82 Å². The van der Waals surface area contributed by atoms with Crippen molar-refractivity contribution in [2.75, 3.05) is 0 Å². The molecular formula is C11H11BO. The average Bonchev–Trinajstić information content (AvgIpc) is 2.17. The number of fused-ring (bicyclic) bond motifs is 1. The van der Waals surface area contributed by atoms with E-state index in [0.29, 0.717) is 0 Å². The molecule has 0 fully saturated rings. The zero-order valence-corrected chi connectivity index (χ0v) is 7.57. The maximum Gasteiger partial charge on any atom is 0.320 e. The van der Waals surface area contributed by atoms with Gasteiger partial charge >= 0.3 is 6.92 Å². The van der Waals surface area contributed by atoms with Crippen molar-refractivity contribution in [1.82, 2.24) is 0 Å². The Hall–Kier alpha value is -1.28. The second-order valence-electron chi connectivity index (χ2n) is 3.28. The monoisotopic (exact) mass is 170 g/mol. The first kappa shape index (κ1) is 8.33. The molecule has 0 amide bonds. The van der Waals surface area contributed by atoms with Crippen LogP contribution in [0, 0.1) is 0 Å². The van der Waals surface area contributed by atoms with Crippen LogP contribution in [0.25, 0.3) is 10.8 Å². The molecular weight excluding hydrogens is 159 g/mol. The van der Waals surface area contributed by atoms with Crippen LogP contribution >= 0.6 is 0 Å². The van der Waals surface area contributed by atoms with Gasteiger partial charge in [-0.15, -0.1) is 0 Å². The second-order valence-corrected chi connectivity index (χ2v) is 3.28. The van der Waals surface area contributed by atoms with Gasteiger partial charge in [-0.05, 0) is 16.2 Å². The molecule has 0 radical (unpaired) electrons. The average molecular weight is 170 g/mol. The number of rotatable bonds is 1. The van der Waals surface area contributed by atoms with Crippen LogP contribution in [0.3, 0.4) is 0 Å². The fourth-order valence-corrected chi connectivity index (χ4v) is 1.47. The molecule has 0 unspecified atom stereocenters. The van der Waals surface area contributed by atoms with E-state index in [9.17, 15) is 5.02 Å². The molecule has 0 bridgehead atoms. The molecule has 2 aromatic rings. The van der Waals surface area contributed by atoms with Crippen LogP contribution in [0.2, 0.25) is 6.82 Å². The summed E-state index contributed by atoms with van der Waals surface area (Å²) in [6.07, 6.45) is 0. The highest BCUT2D eigenvalue weighted by molar-refractivity contribution is 6.65. The van der Waals surface area contributed by atoms with Gasteiger partial charge in [0.25, 0.3) is 0 Å². The first-order valence-corrected chi connectivity index (χ1v) is 4.44. The third-order valence-corrected chi connectivity index (χ3v) is 2.26. The molecule has 2 aromatic carbocycles. The molecule has 0 atom stereocenters. The van der Waals surface area contributed by atoms with Gasteiger partial charge in [-0.2, -0.15) is 0 Å². The minimum absolute atomic E-state index is 0.385. The Bertz CT molecular complexity index is 423. The van der Waals surface area contributed by atoms with E-state index < -0.39 is 0 Å². The summed E-state index contributed by atoms with van der Waals surface area (Å²) in [7, 11) is 0. The summed E-state index contributed by atoms with van der Waals surface area (Å²) in [5.41, 5.74) is 0.971. The minimum atomic E-state index is -0.385. The van der Waals surface area contributed by atoms with Gasteiger partial charge in [-0.1, -0.05) is 49.3 Å². The van der Waals surface area contributed by atoms with Gasteiger partial charge in [0.2, 0.25) is 0 Å². The Balaban J connectivity index is 2.62. The van der Waals surface area contributed by atoms with E-state index in [1.54, 1.807) is 6.82 Å². The first-order valence-electron chi connectivity index (χ1n) is 4.44. The standard InChI is InChI=1S/C11H11BO/c1-12(13)11-7-6-9-4-2-3-5-10(9)8-11/h2-8,13H,1H3. The molecule has 2 rings (SSSR count). The van der Waals surface area contributed by atoms with E-state index in [0.717, 1.165) is 5.46 Å². The van der Waals surface area contributed by atoms with Crippen molar-refractivity contribution in [1.29, 1.82) is 0 Å². The molecule has 1 N–H and O–H groups in total. The first-order chi connectivity index (χ1) is 6.27. The summed E-state index contributed by atoms with van der Waals surface area (Å²) in [6.45, 7) is 1.40. The third-order valence-electron chi connectivity index (χ3n) is 2.26. The smallest absolute Gasteiger partial charge is 0.320 e. The molecule has 0 saturated heterocycles. The molecule has 0 heterocycles. The molecule has 0 spiro atoms. The van der Waals surface area contributed by atoms with E-state index >= 15 is 0 Å². The molecule has 0 aliphatic rings. The van der Waals surface area contributed by atoms with E-state index in [2.05, 4.69) is 12.1 Å². The summed E-state index contributed by atoms with van der Waals surface area (Å²) in [6, 6.07) is 14.2. The Morgan fingerprint density at radius 3 is 2.38 bits per heavy atom. The van der Waals surface area contributed by atoms with Gasteiger partial charge in [0, 0.05) is 0 Å². The highest BCUT2D eigenvalue weighted by Crippen LogP contribution is 2.10. The second kappa shape index (κ2) is 3.23. The summed E-state index contributed by atoms with van der Waals surface area (Å²) in [5, 5.41) is 11.8. The topological polar surface area (TPSA) is 20.2 Å². The van der Waals surface area contributed by atoms with Gasteiger partial charge in [-0.3, -0.25) is 0 Å². The van der Waals surface area contributed by atoms with Crippen LogP contribution < -0.4 is 5.46 Å². The summed E-state index contributed by atoms with van der Waals surface area (Å²) < 4.78 is 0. The lowest BCUT2D eigenvalue weighted by molar-refractivity contribution is 0.594. The molecule has 0 saturated carbocycles. The summed E-state index contributed by atoms with van der Waals surface area (Å²) >= 11 is 0. The molecule has 2 heteroatoms. The highest BCUT2D eigenvalue weighted by atomic mass is 16.2. The van der Waals surface area contributed by atoms with E-state index in [1.165, 1.54) is 10.8 Å². The quantitative estimate of drug-likeness (QED) is 0.645. The minimum Gasteiger partial charge on any atom is -0.447 e. The number of hydrogen-bond acceptors (Lipinski definition) is 1. The predicted octanol–water partition coefficient (Wildman–Crippen LogP) is 1.66. The molecule has 0 aliphatic heterocycles. The van der Waals surface area contributed by atoms with Crippen molar-refractivity contribution < 1.29 is 5.02 Å². The fraction of sp³-hybridized carbons (Fsp3) is 0.0909. The number of benzene rings is 2. The van der Waals surface area contributed by atoms with Crippen LogP contribution in [0.5, 0.6) is 0 Å². The molecule has 64 valence electrons. The lowest BCUT2D eigenvalue weighted by Crippen LogP contribution is -2.25. The van der Waals surface area contributed by atoms with Crippen LogP contribution in [-0.4, -0.2) is 11.9 Å². The van der Waals surface area contributed by atoms with Crippen molar-refractivity contribution in [3.8, 4) is 0 Å². The SMILES string of the molecule is CB(O)c1ccc2ccccc2c1. The van der Waals surface area contributed by atoms with E-state index in [4.69, 9.17) is 0 Å². The summed E-state index contributed by atoms with van der Waals surface area (Å²) in [4.78, 5) is 0. The number of hydrogen-bond donors (Lipinski definition) is 1. The van der Waals surface area contributed by atoms with Crippen LogP contribution in [0.15, 0.2) is 42.5 Å². The van der Waals surface area contributed by atoms with E-state index in [1.807, 2.05) is 30.3 Å². The molecule has 13 heavy (non-hydrogen) atoms. The van der Waals surface area contributed by atoms with Crippen LogP contribution in [0.4, 0.5) is 0 Å². The predicted molar refractivity (Wildman–Crippen MR) is 57.4 cm³/mol. The van der Waals surface area contributed by atoms with Crippen LogP contribution in [0.1, 0.15) is 0 Å². The van der Waals surface area contributed by atoms with Gasteiger partial charge < -0.3 is 5.02 Å². The van der Waals surface area contributed by atoms with Crippen molar-refractivity contribution in [3.05, 3.63) is 42.5 Å². The maximum absolute atomic E-state index is 9.38. The fourth-order valence-electron chi connectivity index (χ4n) is 1.47. The highest BCUT2D eigenvalue weighted by Gasteiger charge is 2.05. The van der Waals surface area contributed by atoms with Gasteiger partial charge in [0.05, 0.1) is 0 Å². The van der Waals surface area contributed by atoms with Gasteiger partial charge in [-0.25, -0.2) is 0 Å². The Morgan fingerprint density at radius 2 is 1.69 bits per heavy atom. The van der Waals surface area contributed by atoms with Crippen molar-refractivity contribution in [2.24, 2.45) is 0 Å². The lowest BCUT2D eigenvalue weighted by atomic mass is 9.64. The Kier molecular flexibility index (Phi) is 2.07. The van der Waals surface area contributed by atoms with E-state index in [-0.39, 0.29) is 6.92 Å². The molecule has 0 aliphatic carbocycles. The summed E-state index contributed by atoms with van der Waals surface area (Å²) in [5.74, 6) is 0. The largest absolute Gasteiger partial charge is 0.447 e. The van der Waals surface area contributed by atoms with Crippen molar-refractivity contribution >= 4 is 23.2 Å². The normalized spacial score (nSPS) is 10.3. The molecule has 0 aromatic heterocycles.